The van der Waals surface area contributed by atoms with Gasteiger partial charge in [0.05, 0.1) is 35.3 Å². The zero-order valence-corrected chi connectivity index (χ0v) is 13.0. The van der Waals surface area contributed by atoms with E-state index >= 15 is 0 Å². The van der Waals surface area contributed by atoms with E-state index in [0.717, 1.165) is 31.9 Å². The average molecular weight is 330 g/mol. The lowest BCUT2D eigenvalue weighted by atomic mass is 10.0. The van der Waals surface area contributed by atoms with E-state index in [1.54, 1.807) is 11.0 Å². The van der Waals surface area contributed by atoms with Crippen LogP contribution in [0.1, 0.15) is 11.6 Å². The van der Waals surface area contributed by atoms with Crippen LogP contribution in [0.3, 0.4) is 0 Å². The summed E-state index contributed by atoms with van der Waals surface area (Å²) in [5.74, 6) is 0. The summed E-state index contributed by atoms with van der Waals surface area (Å²) in [6.07, 6.45) is 0. The maximum atomic E-state index is 11.7. The minimum atomic E-state index is -0.407. The van der Waals surface area contributed by atoms with Crippen LogP contribution in [0, 0.1) is 0 Å². The Kier molecular flexibility index (Phi) is 4.26. The van der Waals surface area contributed by atoms with Crippen LogP contribution in [0.5, 0.6) is 0 Å². The van der Waals surface area contributed by atoms with Crippen molar-refractivity contribution < 1.29 is 9.53 Å². The predicted molar refractivity (Wildman–Crippen MR) is 81.7 cm³/mol. The molecule has 1 atom stereocenters. The number of nitrogens with zero attached hydrogens (tertiary/aromatic N) is 2. The van der Waals surface area contributed by atoms with Crippen molar-refractivity contribution in [3.05, 3.63) is 33.8 Å². The normalized spacial score (nSPS) is 23.9. The zero-order chi connectivity index (χ0) is 15.0. The molecule has 0 radical (unpaired) electrons. The average Bonchev–Trinajstić information content (AvgIpc) is 2.39. The molecule has 2 saturated heterocycles. The molecule has 0 aromatic heterocycles. The molecular weight excluding hydrogens is 313 g/mol. The highest BCUT2D eigenvalue weighted by atomic mass is 35.5. The molecule has 5 nitrogen and oxygen atoms in total. The van der Waals surface area contributed by atoms with Crippen LogP contribution >= 0.6 is 23.2 Å². The fourth-order valence-corrected chi connectivity index (χ4v) is 3.15. The van der Waals surface area contributed by atoms with Crippen molar-refractivity contribution in [3.63, 3.8) is 0 Å². The first-order valence-corrected chi connectivity index (χ1v) is 7.64. The molecule has 0 aliphatic carbocycles. The molecule has 3 rings (SSSR count). The van der Waals surface area contributed by atoms with Crippen LogP contribution in [0.25, 0.3) is 0 Å². The van der Waals surface area contributed by atoms with Crippen molar-refractivity contribution in [3.8, 4) is 0 Å². The molecule has 2 aliphatic heterocycles. The van der Waals surface area contributed by atoms with Crippen LogP contribution in [0.4, 0.5) is 4.79 Å². The summed E-state index contributed by atoms with van der Waals surface area (Å²) >= 11 is 12.1. The molecule has 7 heteroatoms. The number of carbonyl (C=O) groups excluding carboxylic acids is 1. The number of ether oxygens (including phenoxy) is 1. The molecular formula is C14H17Cl2N3O2. The summed E-state index contributed by atoms with van der Waals surface area (Å²) in [4.78, 5) is 15.7. The van der Waals surface area contributed by atoms with Crippen LogP contribution in [0.2, 0.25) is 10.0 Å². The standard InChI is InChI=1S/C14H17Cl2N3O2/c15-11-2-1-9(5-12(11)16)13-6-18(10-7-21-8-10)3-4-19(13)14(17)20/h1-2,5,10,13H,3-4,6-8H2,(H2,17,20). The Balaban J connectivity index is 1.85. The first-order chi connectivity index (χ1) is 10.1. The lowest BCUT2D eigenvalue weighted by Crippen LogP contribution is -2.59. The van der Waals surface area contributed by atoms with E-state index in [9.17, 15) is 4.79 Å². The van der Waals surface area contributed by atoms with E-state index in [2.05, 4.69) is 4.90 Å². The van der Waals surface area contributed by atoms with E-state index in [4.69, 9.17) is 33.7 Å². The first kappa shape index (κ1) is 14.9. The van der Waals surface area contributed by atoms with E-state index < -0.39 is 6.03 Å². The van der Waals surface area contributed by atoms with Crippen molar-refractivity contribution in [2.24, 2.45) is 5.73 Å². The van der Waals surface area contributed by atoms with Gasteiger partial charge in [0.1, 0.15) is 0 Å². The molecule has 1 aromatic carbocycles. The number of hydrogen-bond acceptors (Lipinski definition) is 3. The number of urea groups is 1. The maximum Gasteiger partial charge on any atom is 0.315 e. The summed E-state index contributed by atoms with van der Waals surface area (Å²) in [6, 6.07) is 5.39. The van der Waals surface area contributed by atoms with E-state index in [-0.39, 0.29) is 6.04 Å². The van der Waals surface area contributed by atoms with Gasteiger partial charge in [-0.05, 0) is 17.7 Å². The number of piperazine rings is 1. The largest absolute Gasteiger partial charge is 0.378 e. The van der Waals surface area contributed by atoms with Crippen LogP contribution in [-0.4, -0.2) is 54.7 Å². The molecule has 1 aromatic rings. The van der Waals surface area contributed by atoms with Gasteiger partial charge in [-0.3, -0.25) is 4.90 Å². The molecule has 2 N–H and O–H groups in total. The van der Waals surface area contributed by atoms with Crippen molar-refractivity contribution >= 4 is 29.2 Å². The number of primary amides is 1. The highest BCUT2D eigenvalue weighted by Gasteiger charge is 2.36. The van der Waals surface area contributed by atoms with E-state index in [1.807, 2.05) is 12.1 Å². The Morgan fingerprint density at radius 2 is 2.00 bits per heavy atom. The summed E-state index contributed by atoms with van der Waals surface area (Å²) < 4.78 is 5.25. The topological polar surface area (TPSA) is 58.8 Å². The van der Waals surface area contributed by atoms with Gasteiger partial charge in [-0.15, -0.1) is 0 Å². The Morgan fingerprint density at radius 1 is 1.24 bits per heavy atom. The van der Waals surface area contributed by atoms with Gasteiger partial charge in [0.15, 0.2) is 0 Å². The van der Waals surface area contributed by atoms with Gasteiger partial charge in [-0.1, -0.05) is 29.3 Å². The SMILES string of the molecule is NC(=O)N1CCN(C2COC2)CC1c1ccc(Cl)c(Cl)c1. The number of carbonyl (C=O) groups is 1. The molecule has 1 unspecified atom stereocenters. The van der Waals surface area contributed by atoms with Gasteiger partial charge in [-0.25, -0.2) is 4.79 Å². The predicted octanol–water partition coefficient (Wildman–Crippen LogP) is 2.13. The fourth-order valence-electron chi connectivity index (χ4n) is 2.84. The van der Waals surface area contributed by atoms with Gasteiger partial charge in [0, 0.05) is 19.6 Å². The number of amides is 2. The van der Waals surface area contributed by atoms with Crippen LogP contribution in [0.15, 0.2) is 18.2 Å². The van der Waals surface area contributed by atoms with Crippen LogP contribution in [-0.2, 0) is 4.74 Å². The summed E-state index contributed by atoms with van der Waals surface area (Å²) in [7, 11) is 0. The molecule has 2 amide bonds. The van der Waals surface area contributed by atoms with Crippen molar-refractivity contribution in [2.45, 2.75) is 12.1 Å². The zero-order valence-electron chi connectivity index (χ0n) is 11.5. The number of rotatable bonds is 2. The van der Waals surface area contributed by atoms with E-state index in [1.165, 1.54) is 0 Å². The Hall–Kier alpha value is -1.01. The number of halogens is 2. The molecule has 0 spiro atoms. The number of nitrogens with two attached hydrogens (primary N) is 1. The minimum Gasteiger partial charge on any atom is -0.378 e. The first-order valence-electron chi connectivity index (χ1n) is 6.89. The van der Waals surface area contributed by atoms with Gasteiger partial charge >= 0.3 is 6.03 Å². The fraction of sp³-hybridized carbons (Fsp3) is 0.500. The summed E-state index contributed by atoms with van der Waals surface area (Å²) in [5.41, 5.74) is 6.47. The summed E-state index contributed by atoms with van der Waals surface area (Å²) in [5, 5.41) is 0.994. The monoisotopic (exact) mass is 329 g/mol. The number of hydrogen-bond donors (Lipinski definition) is 1. The number of benzene rings is 1. The highest BCUT2D eigenvalue weighted by molar-refractivity contribution is 6.42. The molecule has 0 saturated carbocycles. The van der Waals surface area contributed by atoms with Gasteiger partial charge in [0.25, 0.3) is 0 Å². The lowest BCUT2D eigenvalue weighted by Gasteiger charge is -2.46. The molecule has 0 bridgehead atoms. The second-order valence-corrected chi connectivity index (χ2v) is 6.22. The van der Waals surface area contributed by atoms with Crippen LogP contribution < -0.4 is 5.73 Å². The van der Waals surface area contributed by atoms with Crippen molar-refractivity contribution in [2.75, 3.05) is 32.8 Å². The third-order valence-electron chi connectivity index (χ3n) is 4.16. The van der Waals surface area contributed by atoms with Crippen molar-refractivity contribution in [1.82, 2.24) is 9.80 Å². The molecule has 2 fully saturated rings. The van der Waals surface area contributed by atoms with Crippen molar-refractivity contribution in [1.29, 1.82) is 0 Å². The molecule has 2 aliphatic rings. The van der Waals surface area contributed by atoms with Gasteiger partial charge in [0.2, 0.25) is 0 Å². The maximum absolute atomic E-state index is 11.7. The third kappa shape index (κ3) is 2.97. The molecule has 2 heterocycles. The van der Waals surface area contributed by atoms with Gasteiger partial charge in [-0.2, -0.15) is 0 Å². The Labute approximate surface area is 133 Å². The van der Waals surface area contributed by atoms with E-state index in [0.29, 0.717) is 22.6 Å². The summed E-state index contributed by atoms with van der Waals surface area (Å²) in [6.45, 7) is 3.66. The second-order valence-electron chi connectivity index (χ2n) is 5.41. The molecule has 114 valence electrons. The lowest BCUT2D eigenvalue weighted by molar-refractivity contribution is -0.0817. The van der Waals surface area contributed by atoms with Gasteiger partial charge < -0.3 is 15.4 Å². The smallest absolute Gasteiger partial charge is 0.315 e. The third-order valence-corrected chi connectivity index (χ3v) is 4.90. The second kappa shape index (κ2) is 6.01. The Morgan fingerprint density at radius 3 is 2.57 bits per heavy atom. The minimum absolute atomic E-state index is 0.105. The Bertz CT molecular complexity index is 551. The highest BCUT2D eigenvalue weighted by Crippen LogP contribution is 2.31. The quantitative estimate of drug-likeness (QED) is 0.904. The molecule has 21 heavy (non-hydrogen) atoms.